The summed E-state index contributed by atoms with van der Waals surface area (Å²) in [6, 6.07) is 3.73. The summed E-state index contributed by atoms with van der Waals surface area (Å²) in [7, 11) is 0. The molecule has 0 saturated heterocycles. The number of amides is 1. The lowest BCUT2D eigenvalue weighted by atomic mass is 10.2. The van der Waals surface area contributed by atoms with Crippen LogP contribution in [-0.2, 0) is 9.59 Å². The summed E-state index contributed by atoms with van der Waals surface area (Å²) in [5.41, 5.74) is 4.14. The Morgan fingerprint density at radius 1 is 1.33 bits per heavy atom. The van der Waals surface area contributed by atoms with Crippen LogP contribution in [0.15, 0.2) is 18.2 Å². The van der Waals surface area contributed by atoms with Gasteiger partial charge in [-0.25, -0.2) is 0 Å². The SMILES string of the molecule is [NH3+]CCC[NH2+][C@@H](CC(=O)Nc1ccc(Cl)c(Cl)c1)C(=O)[O-]. The maximum atomic E-state index is 11.8. The second kappa shape index (κ2) is 8.84. The molecule has 0 aliphatic carbocycles. The van der Waals surface area contributed by atoms with Crippen LogP contribution in [-0.4, -0.2) is 31.0 Å². The zero-order chi connectivity index (χ0) is 15.8. The van der Waals surface area contributed by atoms with Crippen molar-refractivity contribution in [2.75, 3.05) is 18.4 Å². The lowest BCUT2D eigenvalue weighted by Crippen LogP contribution is -2.93. The van der Waals surface area contributed by atoms with E-state index in [9.17, 15) is 14.7 Å². The number of rotatable bonds is 8. The number of carboxylic acids is 1. The number of anilines is 1. The molecule has 0 unspecified atom stereocenters. The molecular weight excluding hydrogens is 317 g/mol. The summed E-state index contributed by atoms with van der Waals surface area (Å²) in [6.07, 6.45) is 0.595. The molecule has 0 spiro atoms. The Labute approximate surface area is 132 Å². The van der Waals surface area contributed by atoms with Crippen LogP contribution in [0.3, 0.4) is 0 Å². The lowest BCUT2D eigenvalue weighted by molar-refractivity contribution is -0.684. The predicted molar refractivity (Wildman–Crippen MR) is 77.7 cm³/mol. The fourth-order valence-electron chi connectivity index (χ4n) is 1.71. The predicted octanol–water partition coefficient (Wildman–Crippen LogP) is -1.36. The van der Waals surface area contributed by atoms with E-state index < -0.39 is 17.9 Å². The van der Waals surface area contributed by atoms with Gasteiger partial charge in [-0.05, 0) is 18.2 Å². The van der Waals surface area contributed by atoms with E-state index in [0.717, 1.165) is 6.42 Å². The molecule has 21 heavy (non-hydrogen) atoms. The number of benzene rings is 1. The van der Waals surface area contributed by atoms with E-state index in [1.165, 1.54) is 6.07 Å². The van der Waals surface area contributed by atoms with Crippen molar-refractivity contribution in [3.05, 3.63) is 28.2 Å². The first-order chi connectivity index (χ1) is 9.93. The first kappa shape index (κ1) is 17.7. The first-order valence-corrected chi connectivity index (χ1v) is 7.28. The molecule has 0 aromatic heterocycles. The van der Waals surface area contributed by atoms with E-state index in [1.54, 1.807) is 17.4 Å². The van der Waals surface area contributed by atoms with Crippen LogP contribution < -0.4 is 21.5 Å². The molecule has 0 aliphatic heterocycles. The number of carboxylic acid groups (broad SMARTS) is 1. The number of nitrogens with two attached hydrogens (primary N) is 1. The topological polar surface area (TPSA) is 113 Å². The van der Waals surface area contributed by atoms with E-state index >= 15 is 0 Å². The van der Waals surface area contributed by atoms with Crippen LogP contribution in [0.2, 0.25) is 10.0 Å². The highest BCUT2D eigenvalue weighted by molar-refractivity contribution is 6.42. The summed E-state index contributed by atoms with van der Waals surface area (Å²) in [6.45, 7) is 1.30. The van der Waals surface area contributed by atoms with Gasteiger partial charge in [0, 0.05) is 12.1 Å². The second-order valence-corrected chi connectivity index (χ2v) is 5.35. The molecule has 0 aliphatic rings. The number of carbonyl (C=O) groups excluding carboxylic acids is 2. The summed E-state index contributed by atoms with van der Waals surface area (Å²) in [5.74, 6) is -1.68. The maximum Gasteiger partial charge on any atom is 0.230 e. The van der Waals surface area contributed by atoms with E-state index in [4.69, 9.17) is 23.2 Å². The number of quaternary nitrogens is 2. The quantitative estimate of drug-likeness (QED) is 0.510. The van der Waals surface area contributed by atoms with Crippen molar-refractivity contribution in [3.63, 3.8) is 0 Å². The highest BCUT2D eigenvalue weighted by Gasteiger charge is 2.18. The van der Waals surface area contributed by atoms with Gasteiger partial charge in [0.25, 0.3) is 0 Å². The number of hydrogen-bond donors (Lipinski definition) is 3. The van der Waals surface area contributed by atoms with Crippen molar-refractivity contribution in [1.29, 1.82) is 0 Å². The smallest absolute Gasteiger partial charge is 0.230 e. The summed E-state index contributed by atoms with van der Waals surface area (Å²) < 4.78 is 0. The van der Waals surface area contributed by atoms with Gasteiger partial charge in [-0.1, -0.05) is 23.2 Å². The maximum absolute atomic E-state index is 11.8. The molecule has 1 atom stereocenters. The number of carbonyl (C=O) groups is 2. The number of hydrogen-bond acceptors (Lipinski definition) is 3. The molecule has 1 aromatic carbocycles. The van der Waals surface area contributed by atoms with E-state index in [1.807, 2.05) is 0 Å². The van der Waals surface area contributed by atoms with Gasteiger partial charge in [-0.3, -0.25) is 4.79 Å². The van der Waals surface area contributed by atoms with Gasteiger partial charge in [0.05, 0.1) is 35.5 Å². The third-order valence-corrected chi connectivity index (χ3v) is 3.56. The molecule has 1 rings (SSSR count). The molecule has 1 amide bonds. The van der Waals surface area contributed by atoms with Crippen molar-refractivity contribution in [3.8, 4) is 0 Å². The summed E-state index contributed by atoms with van der Waals surface area (Å²) >= 11 is 11.6. The van der Waals surface area contributed by atoms with E-state index in [-0.39, 0.29) is 6.42 Å². The third kappa shape index (κ3) is 6.31. The van der Waals surface area contributed by atoms with Gasteiger partial charge in [0.1, 0.15) is 6.04 Å². The zero-order valence-corrected chi connectivity index (χ0v) is 12.9. The van der Waals surface area contributed by atoms with Crippen LogP contribution in [0.5, 0.6) is 0 Å². The molecule has 0 fully saturated rings. The van der Waals surface area contributed by atoms with Gasteiger partial charge in [0.15, 0.2) is 0 Å². The van der Waals surface area contributed by atoms with Gasteiger partial charge >= 0.3 is 0 Å². The van der Waals surface area contributed by atoms with Crippen molar-refractivity contribution in [1.82, 2.24) is 0 Å². The Balaban J connectivity index is 2.56. The molecular formula is C13H18Cl2N3O3+. The van der Waals surface area contributed by atoms with Crippen LogP contribution in [0.4, 0.5) is 5.69 Å². The highest BCUT2D eigenvalue weighted by atomic mass is 35.5. The molecule has 0 bridgehead atoms. The Morgan fingerprint density at radius 2 is 2.05 bits per heavy atom. The number of nitrogens with one attached hydrogen (secondary N) is 1. The van der Waals surface area contributed by atoms with Crippen molar-refractivity contribution >= 4 is 40.8 Å². The minimum absolute atomic E-state index is 0.181. The minimum atomic E-state index is -1.26. The third-order valence-electron chi connectivity index (χ3n) is 2.82. The molecule has 8 heteroatoms. The Kier molecular flexibility index (Phi) is 7.45. The van der Waals surface area contributed by atoms with Crippen LogP contribution >= 0.6 is 23.2 Å². The fourth-order valence-corrected chi connectivity index (χ4v) is 2.01. The zero-order valence-electron chi connectivity index (χ0n) is 11.4. The number of aliphatic carboxylic acids is 1. The average Bonchev–Trinajstić information content (AvgIpc) is 2.42. The van der Waals surface area contributed by atoms with Gasteiger partial charge in [-0.15, -0.1) is 0 Å². The minimum Gasteiger partial charge on any atom is -0.544 e. The first-order valence-electron chi connectivity index (χ1n) is 6.52. The second-order valence-electron chi connectivity index (χ2n) is 4.54. The molecule has 6 N–H and O–H groups in total. The van der Waals surface area contributed by atoms with Gasteiger partial charge in [-0.2, -0.15) is 0 Å². The van der Waals surface area contributed by atoms with Crippen LogP contribution in [0.1, 0.15) is 12.8 Å². The van der Waals surface area contributed by atoms with Gasteiger partial charge < -0.3 is 26.3 Å². The fraction of sp³-hybridized carbons (Fsp3) is 0.385. The Morgan fingerprint density at radius 3 is 2.62 bits per heavy atom. The summed E-state index contributed by atoms with van der Waals surface area (Å²) in [5, 5.41) is 15.9. The lowest BCUT2D eigenvalue weighted by Gasteiger charge is -2.16. The average molecular weight is 335 g/mol. The molecule has 1 aromatic rings. The van der Waals surface area contributed by atoms with E-state index in [2.05, 4.69) is 11.1 Å². The normalized spacial score (nSPS) is 12.0. The summed E-state index contributed by atoms with van der Waals surface area (Å²) in [4.78, 5) is 22.8. The molecule has 116 valence electrons. The standard InChI is InChI=1S/C13H17Cl2N3O3/c14-9-3-2-8(6-10(9)15)18-12(19)7-11(13(20)21)17-5-1-4-16/h2-3,6,11,17H,1,4-5,7,16H2,(H,18,19)(H,20,21)/p+1/t11-/m0/s1. The Hall–Kier alpha value is -1.34. The Bertz CT molecular complexity index is 511. The molecule has 0 radical (unpaired) electrons. The van der Waals surface area contributed by atoms with Crippen LogP contribution in [0.25, 0.3) is 0 Å². The van der Waals surface area contributed by atoms with Crippen molar-refractivity contribution < 1.29 is 25.7 Å². The largest absolute Gasteiger partial charge is 0.544 e. The molecule has 6 nitrogen and oxygen atoms in total. The monoisotopic (exact) mass is 334 g/mol. The molecule has 0 saturated carbocycles. The highest BCUT2D eigenvalue weighted by Crippen LogP contribution is 2.24. The molecule has 0 heterocycles. The van der Waals surface area contributed by atoms with Gasteiger partial charge in [0.2, 0.25) is 5.91 Å². The van der Waals surface area contributed by atoms with Crippen LogP contribution in [0, 0.1) is 0 Å². The van der Waals surface area contributed by atoms with Crippen molar-refractivity contribution in [2.24, 2.45) is 0 Å². The number of halogens is 2. The van der Waals surface area contributed by atoms with E-state index in [0.29, 0.717) is 28.8 Å². The van der Waals surface area contributed by atoms with Crippen molar-refractivity contribution in [2.45, 2.75) is 18.9 Å².